The van der Waals surface area contributed by atoms with Crippen molar-refractivity contribution in [2.24, 2.45) is 0 Å². The second-order valence-electron chi connectivity index (χ2n) is 4.17. The van der Waals surface area contributed by atoms with E-state index in [4.69, 9.17) is 9.47 Å². The van der Waals surface area contributed by atoms with Gasteiger partial charge >= 0.3 is 0 Å². The zero-order chi connectivity index (χ0) is 11.0. The molecule has 2 aliphatic heterocycles. The van der Waals surface area contributed by atoms with Gasteiger partial charge in [-0.25, -0.2) is 4.39 Å². The van der Waals surface area contributed by atoms with Gasteiger partial charge in [-0.3, -0.25) is 0 Å². The van der Waals surface area contributed by atoms with E-state index in [0.29, 0.717) is 13.2 Å². The molecular formula is C12H14FNO2. The van der Waals surface area contributed by atoms with Gasteiger partial charge in [-0.15, -0.1) is 0 Å². The van der Waals surface area contributed by atoms with Gasteiger partial charge in [0.15, 0.2) is 0 Å². The fraction of sp³-hybridized carbons (Fsp3) is 0.500. The highest BCUT2D eigenvalue weighted by Gasteiger charge is 2.31. The van der Waals surface area contributed by atoms with Crippen LogP contribution in [0.25, 0.3) is 0 Å². The molecule has 2 aliphatic rings. The van der Waals surface area contributed by atoms with Gasteiger partial charge in [0, 0.05) is 18.2 Å². The SMILES string of the molecule is Fc1ccc2c(c1)[C@@H]1OCCN[C@H]1CCO2. The lowest BCUT2D eigenvalue weighted by atomic mass is 9.99. The second-order valence-corrected chi connectivity index (χ2v) is 4.17. The molecule has 86 valence electrons. The smallest absolute Gasteiger partial charge is 0.125 e. The summed E-state index contributed by atoms with van der Waals surface area (Å²) in [4.78, 5) is 0. The molecule has 0 bridgehead atoms. The number of morpholine rings is 1. The van der Waals surface area contributed by atoms with Crippen LogP contribution < -0.4 is 10.1 Å². The van der Waals surface area contributed by atoms with E-state index in [1.807, 2.05) is 0 Å². The van der Waals surface area contributed by atoms with Crippen LogP contribution in [0.2, 0.25) is 0 Å². The van der Waals surface area contributed by atoms with Crippen molar-refractivity contribution in [3.63, 3.8) is 0 Å². The van der Waals surface area contributed by atoms with Crippen molar-refractivity contribution in [1.82, 2.24) is 5.32 Å². The zero-order valence-electron chi connectivity index (χ0n) is 8.91. The summed E-state index contributed by atoms with van der Waals surface area (Å²) in [5, 5.41) is 3.39. The van der Waals surface area contributed by atoms with Gasteiger partial charge in [0.25, 0.3) is 0 Å². The molecule has 16 heavy (non-hydrogen) atoms. The third-order valence-electron chi connectivity index (χ3n) is 3.14. The number of hydrogen-bond acceptors (Lipinski definition) is 3. The highest BCUT2D eigenvalue weighted by Crippen LogP contribution is 2.35. The van der Waals surface area contributed by atoms with Crippen LogP contribution in [0.4, 0.5) is 4.39 Å². The highest BCUT2D eigenvalue weighted by atomic mass is 19.1. The molecule has 0 radical (unpaired) electrons. The molecule has 0 amide bonds. The molecule has 3 rings (SSSR count). The summed E-state index contributed by atoms with van der Waals surface area (Å²) in [6, 6.07) is 4.86. The van der Waals surface area contributed by atoms with E-state index in [9.17, 15) is 4.39 Å². The molecule has 0 spiro atoms. The Morgan fingerprint density at radius 2 is 2.25 bits per heavy atom. The molecule has 1 fully saturated rings. The Kier molecular flexibility index (Phi) is 2.53. The average molecular weight is 223 g/mol. The van der Waals surface area contributed by atoms with Gasteiger partial charge in [0.1, 0.15) is 17.7 Å². The first kappa shape index (κ1) is 10.1. The molecule has 1 saturated heterocycles. The molecule has 1 aromatic rings. The first-order chi connectivity index (χ1) is 7.84. The molecule has 2 atom stereocenters. The predicted molar refractivity (Wildman–Crippen MR) is 57.0 cm³/mol. The minimum absolute atomic E-state index is 0.0815. The summed E-state index contributed by atoms with van der Waals surface area (Å²) in [6.45, 7) is 2.17. The Morgan fingerprint density at radius 3 is 3.19 bits per heavy atom. The van der Waals surface area contributed by atoms with Crippen LogP contribution in [-0.2, 0) is 4.74 Å². The van der Waals surface area contributed by atoms with Gasteiger partial charge in [-0.2, -0.15) is 0 Å². The average Bonchev–Trinajstić information content (AvgIpc) is 2.48. The summed E-state index contributed by atoms with van der Waals surface area (Å²) in [6.07, 6.45) is 0.808. The molecule has 1 aromatic carbocycles. The van der Waals surface area contributed by atoms with Crippen molar-refractivity contribution in [1.29, 1.82) is 0 Å². The minimum Gasteiger partial charge on any atom is -0.493 e. The van der Waals surface area contributed by atoms with E-state index in [1.165, 1.54) is 12.1 Å². The molecule has 3 nitrogen and oxygen atoms in total. The van der Waals surface area contributed by atoms with Crippen molar-refractivity contribution in [3.05, 3.63) is 29.6 Å². The van der Waals surface area contributed by atoms with Gasteiger partial charge in [-0.1, -0.05) is 0 Å². The van der Waals surface area contributed by atoms with Crippen LogP contribution in [0, 0.1) is 5.82 Å². The van der Waals surface area contributed by atoms with Crippen molar-refractivity contribution in [2.75, 3.05) is 19.8 Å². The summed E-state index contributed by atoms with van der Waals surface area (Å²) in [7, 11) is 0. The lowest BCUT2D eigenvalue weighted by Crippen LogP contribution is -2.43. The molecule has 0 unspecified atom stereocenters. The minimum atomic E-state index is -0.239. The molecule has 0 saturated carbocycles. The first-order valence-corrected chi connectivity index (χ1v) is 5.62. The number of benzene rings is 1. The molecule has 2 heterocycles. The number of rotatable bonds is 0. The van der Waals surface area contributed by atoms with E-state index in [1.54, 1.807) is 6.07 Å². The molecule has 0 aliphatic carbocycles. The van der Waals surface area contributed by atoms with E-state index in [2.05, 4.69) is 5.32 Å². The molecular weight excluding hydrogens is 209 g/mol. The standard InChI is InChI=1S/C12H14FNO2/c13-8-1-2-11-9(7-8)12-10(3-5-15-11)14-4-6-16-12/h1-2,7,10,12,14H,3-6H2/t10-,12-/m0/s1. The van der Waals surface area contributed by atoms with E-state index < -0.39 is 0 Å². The Morgan fingerprint density at radius 1 is 1.31 bits per heavy atom. The lowest BCUT2D eigenvalue weighted by Gasteiger charge is -2.31. The summed E-state index contributed by atoms with van der Waals surface area (Å²) >= 11 is 0. The lowest BCUT2D eigenvalue weighted by molar-refractivity contribution is -0.00598. The number of ether oxygens (including phenoxy) is 2. The van der Waals surface area contributed by atoms with E-state index >= 15 is 0 Å². The van der Waals surface area contributed by atoms with E-state index in [-0.39, 0.29) is 18.0 Å². The van der Waals surface area contributed by atoms with Gasteiger partial charge in [0.05, 0.1) is 13.2 Å². The summed E-state index contributed by atoms with van der Waals surface area (Å²) in [5.41, 5.74) is 0.828. The quantitative estimate of drug-likeness (QED) is 0.725. The van der Waals surface area contributed by atoms with Crippen LogP contribution >= 0.6 is 0 Å². The number of fused-ring (bicyclic) bond motifs is 3. The monoisotopic (exact) mass is 223 g/mol. The Hall–Kier alpha value is -1.13. The van der Waals surface area contributed by atoms with Crippen molar-refractivity contribution >= 4 is 0 Å². The normalized spacial score (nSPS) is 28.6. The van der Waals surface area contributed by atoms with Gasteiger partial charge < -0.3 is 14.8 Å². The summed E-state index contributed by atoms with van der Waals surface area (Å²) < 4.78 is 24.6. The first-order valence-electron chi connectivity index (χ1n) is 5.62. The molecule has 4 heteroatoms. The van der Waals surface area contributed by atoms with Crippen LogP contribution in [-0.4, -0.2) is 25.8 Å². The Bertz CT molecular complexity index is 397. The van der Waals surface area contributed by atoms with Crippen LogP contribution in [0.1, 0.15) is 18.1 Å². The third-order valence-corrected chi connectivity index (χ3v) is 3.14. The predicted octanol–water partition coefficient (Wildman–Crippen LogP) is 1.64. The van der Waals surface area contributed by atoms with Crippen molar-refractivity contribution in [3.8, 4) is 5.75 Å². The van der Waals surface area contributed by atoms with Crippen LogP contribution in [0.15, 0.2) is 18.2 Å². The van der Waals surface area contributed by atoms with Crippen molar-refractivity contribution < 1.29 is 13.9 Å². The highest BCUT2D eigenvalue weighted by molar-refractivity contribution is 5.37. The topological polar surface area (TPSA) is 30.5 Å². The largest absolute Gasteiger partial charge is 0.493 e. The zero-order valence-corrected chi connectivity index (χ0v) is 8.91. The van der Waals surface area contributed by atoms with Gasteiger partial charge in [-0.05, 0) is 24.6 Å². The number of nitrogens with one attached hydrogen (secondary N) is 1. The van der Waals surface area contributed by atoms with E-state index in [0.717, 1.165) is 24.3 Å². The number of hydrogen-bond donors (Lipinski definition) is 1. The Balaban J connectivity index is 2.02. The van der Waals surface area contributed by atoms with Gasteiger partial charge in [0.2, 0.25) is 0 Å². The maximum Gasteiger partial charge on any atom is 0.125 e. The Labute approximate surface area is 93.6 Å². The molecule has 0 aromatic heterocycles. The maximum absolute atomic E-state index is 13.3. The van der Waals surface area contributed by atoms with Crippen LogP contribution in [0.3, 0.4) is 0 Å². The third kappa shape index (κ3) is 1.68. The second kappa shape index (κ2) is 4.03. The van der Waals surface area contributed by atoms with Crippen LogP contribution in [0.5, 0.6) is 5.75 Å². The maximum atomic E-state index is 13.3. The number of halogens is 1. The van der Waals surface area contributed by atoms with Crippen molar-refractivity contribution in [2.45, 2.75) is 18.6 Å². The fourth-order valence-electron chi connectivity index (χ4n) is 2.38. The summed E-state index contributed by atoms with van der Waals surface area (Å²) in [5.74, 6) is 0.509. The fourth-order valence-corrected chi connectivity index (χ4v) is 2.38. The molecule has 1 N–H and O–H groups in total.